The average Bonchev–Trinajstić information content (AvgIpc) is 2.33. The lowest BCUT2D eigenvalue weighted by Crippen LogP contribution is -2.25. The molecule has 0 aromatic heterocycles. The summed E-state index contributed by atoms with van der Waals surface area (Å²) in [6.07, 6.45) is 3.86. The van der Waals surface area contributed by atoms with Gasteiger partial charge in [-0.2, -0.15) is 0 Å². The number of amides is 1. The van der Waals surface area contributed by atoms with Crippen LogP contribution in [0, 0.1) is 6.92 Å². The third kappa shape index (κ3) is 3.86. The minimum absolute atomic E-state index is 0.0424. The highest BCUT2D eigenvalue weighted by Crippen LogP contribution is 2.16. The molecule has 0 aliphatic carbocycles. The van der Waals surface area contributed by atoms with Crippen molar-refractivity contribution in [1.82, 2.24) is 0 Å². The molecule has 1 heterocycles. The molecule has 1 aromatic carbocycles. The number of benzene rings is 1. The van der Waals surface area contributed by atoms with Crippen molar-refractivity contribution in [2.75, 3.05) is 11.9 Å². The first-order valence-electron chi connectivity index (χ1n) is 6.22. The van der Waals surface area contributed by atoms with Gasteiger partial charge in [-0.3, -0.25) is 4.79 Å². The number of hydrogen-bond acceptors (Lipinski definition) is 2. The summed E-state index contributed by atoms with van der Waals surface area (Å²) in [6, 6.07) is 7.84. The zero-order valence-corrected chi connectivity index (χ0v) is 10.2. The Morgan fingerprint density at radius 1 is 1.35 bits per heavy atom. The van der Waals surface area contributed by atoms with Crippen LogP contribution < -0.4 is 5.32 Å². The number of aryl methyl sites for hydroxylation is 1. The fourth-order valence-corrected chi connectivity index (χ4v) is 2.02. The highest BCUT2D eigenvalue weighted by atomic mass is 16.5. The number of anilines is 1. The largest absolute Gasteiger partial charge is 0.378 e. The van der Waals surface area contributed by atoms with Gasteiger partial charge in [0.2, 0.25) is 5.91 Å². The molecule has 1 saturated heterocycles. The topological polar surface area (TPSA) is 38.3 Å². The second-order valence-electron chi connectivity index (χ2n) is 4.61. The standard InChI is InChI=1S/C14H19NO2/c1-11-5-7-12(8-6-11)15-14(16)10-13-4-2-3-9-17-13/h5-8,13H,2-4,9-10H2,1H3,(H,15,16). The van der Waals surface area contributed by atoms with Crippen LogP contribution in [0.15, 0.2) is 24.3 Å². The highest BCUT2D eigenvalue weighted by Gasteiger charge is 2.17. The molecule has 2 rings (SSSR count). The molecule has 1 aliphatic heterocycles. The van der Waals surface area contributed by atoms with E-state index in [1.807, 2.05) is 31.2 Å². The lowest BCUT2D eigenvalue weighted by atomic mass is 10.1. The Balaban J connectivity index is 1.82. The second-order valence-corrected chi connectivity index (χ2v) is 4.61. The molecule has 0 bridgehead atoms. The fraction of sp³-hybridized carbons (Fsp3) is 0.500. The zero-order valence-electron chi connectivity index (χ0n) is 10.2. The van der Waals surface area contributed by atoms with Crippen molar-refractivity contribution in [1.29, 1.82) is 0 Å². The van der Waals surface area contributed by atoms with Gasteiger partial charge in [0.15, 0.2) is 0 Å². The van der Waals surface area contributed by atoms with E-state index in [1.54, 1.807) is 0 Å². The number of rotatable bonds is 3. The van der Waals surface area contributed by atoms with Crippen LogP contribution in [-0.2, 0) is 9.53 Å². The third-order valence-corrected chi connectivity index (χ3v) is 3.02. The van der Waals surface area contributed by atoms with E-state index in [0.29, 0.717) is 6.42 Å². The van der Waals surface area contributed by atoms with Crippen LogP contribution in [-0.4, -0.2) is 18.6 Å². The van der Waals surface area contributed by atoms with Crippen molar-refractivity contribution in [3.63, 3.8) is 0 Å². The minimum Gasteiger partial charge on any atom is -0.378 e. The Hall–Kier alpha value is -1.35. The smallest absolute Gasteiger partial charge is 0.226 e. The molecule has 0 radical (unpaired) electrons. The van der Waals surface area contributed by atoms with Gasteiger partial charge in [0, 0.05) is 12.3 Å². The molecule has 1 unspecified atom stereocenters. The number of nitrogens with one attached hydrogen (secondary N) is 1. The molecule has 3 heteroatoms. The summed E-state index contributed by atoms with van der Waals surface area (Å²) in [5, 5.41) is 2.90. The molecule has 1 aliphatic rings. The zero-order chi connectivity index (χ0) is 12.1. The number of hydrogen-bond donors (Lipinski definition) is 1. The van der Waals surface area contributed by atoms with E-state index < -0.39 is 0 Å². The first-order chi connectivity index (χ1) is 8.24. The van der Waals surface area contributed by atoms with Crippen LogP contribution in [0.3, 0.4) is 0 Å². The molecule has 92 valence electrons. The van der Waals surface area contributed by atoms with E-state index in [2.05, 4.69) is 5.32 Å². The Kier molecular flexibility index (Phi) is 4.15. The Labute approximate surface area is 102 Å². The molecule has 1 atom stereocenters. The van der Waals surface area contributed by atoms with E-state index in [0.717, 1.165) is 25.1 Å². The number of ether oxygens (including phenoxy) is 1. The summed E-state index contributed by atoms with van der Waals surface area (Å²) < 4.78 is 5.54. The third-order valence-electron chi connectivity index (χ3n) is 3.02. The minimum atomic E-state index is 0.0424. The molecule has 0 saturated carbocycles. The summed E-state index contributed by atoms with van der Waals surface area (Å²) in [4.78, 5) is 11.8. The maximum atomic E-state index is 11.8. The van der Waals surface area contributed by atoms with E-state index in [1.165, 1.54) is 12.0 Å². The maximum absolute atomic E-state index is 11.8. The lowest BCUT2D eigenvalue weighted by molar-refractivity contribution is -0.119. The van der Waals surface area contributed by atoms with Gasteiger partial charge >= 0.3 is 0 Å². The molecule has 17 heavy (non-hydrogen) atoms. The summed E-state index contributed by atoms with van der Waals surface area (Å²) in [5.41, 5.74) is 2.05. The van der Waals surface area contributed by atoms with Gasteiger partial charge in [0.25, 0.3) is 0 Å². The second kappa shape index (κ2) is 5.82. The summed E-state index contributed by atoms with van der Waals surface area (Å²) in [5.74, 6) is 0.0424. The van der Waals surface area contributed by atoms with Gasteiger partial charge in [0.05, 0.1) is 12.5 Å². The molecule has 3 nitrogen and oxygen atoms in total. The van der Waals surface area contributed by atoms with Crippen molar-refractivity contribution in [3.8, 4) is 0 Å². The van der Waals surface area contributed by atoms with Crippen LogP contribution in [0.4, 0.5) is 5.69 Å². The molecule has 1 aromatic rings. The first kappa shape index (κ1) is 12.1. The fourth-order valence-electron chi connectivity index (χ4n) is 2.02. The molecule has 1 fully saturated rings. The van der Waals surface area contributed by atoms with E-state index in [-0.39, 0.29) is 12.0 Å². The van der Waals surface area contributed by atoms with E-state index >= 15 is 0 Å². The first-order valence-corrected chi connectivity index (χ1v) is 6.22. The van der Waals surface area contributed by atoms with Gasteiger partial charge in [0.1, 0.15) is 0 Å². The lowest BCUT2D eigenvalue weighted by Gasteiger charge is -2.21. The average molecular weight is 233 g/mol. The predicted octanol–water partition coefficient (Wildman–Crippen LogP) is 2.89. The number of carbonyl (C=O) groups is 1. The normalized spacial score (nSPS) is 19.9. The van der Waals surface area contributed by atoms with Crippen LogP contribution in [0.25, 0.3) is 0 Å². The predicted molar refractivity (Wildman–Crippen MR) is 68.0 cm³/mol. The Morgan fingerprint density at radius 3 is 2.76 bits per heavy atom. The highest BCUT2D eigenvalue weighted by molar-refractivity contribution is 5.91. The molecule has 0 spiro atoms. The molecule has 1 N–H and O–H groups in total. The number of carbonyl (C=O) groups excluding carboxylic acids is 1. The van der Waals surface area contributed by atoms with E-state index in [4.69, 9.17) is 4.74 Å². The van der Waals surface area contributed by atoms with Crippen LogP contribution in [0.5, 0.6) is 0 Å². The SMILES string of the molecule is Cc1ccc(NC(=O)CC2CCCCO2)cc1. The summed E-state index contributed by atoms with van der Waals surface area (Å²) in [7, 11) is 0. The summed E-state index contributed by atoms with van der Waals surface area (Å²) in [6.45, 7) is 2.82. The van der Waals surface area contributed by atoms with Gasteiger partial charge in [-0.1, -0.05) is 17.7 Å². The van der Waals surface area contributed by atoms with Crippen LogP contribution in [0.1, 0.15) is 31.2 Å². The van der Waals surface area contributed by atoms with Crippen LogP contribution in [0.2, 0.25) is 0 Å². The van der Waals surface area contributed by atoms with Crippen molar-refractivity contribution in [2.24, 2.45) is 0 Å². The van der Waals surface area contributed by atoms with Crippen molar-refractivity contribution >= 4 is 11.6 Å². The van der Waals surface area contributed by atoms with E-state index in [9.17, 15) is 4.79 Å². The van der Waals surface area contributed by atoms with Crippen molar-refractivity contribution in [2.45, 2.75) is 38.7 Å². The van der Waals surface area contributed by atoms with Crippen molar-refractivity contribution in [3.05, 3.63) is 29.8 Å². The Bertz CT molecular complexity index is 366. The van der Waals surface area contributed by atoms with Gasteiger partial charge in [-0.25, -0.2) is 0 Å². The molecule has 1 amide bonds. The van der Waals surface area contributed by atoms with Gasteiger partial charge < -0.3 is 10.1 Å². The van der Waals surface area contributed by atoms with Gasteiger partial charge in [-0.15, -0.1) is 0 Å². The van der Waals surface area contributed by atoms with Crippen molar-refractivity contribution < 1.29 is 9.53 Å². The molecular formula is C14H19NO2. The Morgan fingerprint density at radius 2 is 2.12 bits per heavy atom. The van der Waals surface area contributed by atoms with Gasteiger partial charge in [-0.05, 0) is 38.3 Å². The van der Waals surface area contributed by atoms with Crippen LogP contribution >= 0.6 is 0 Å². The molecular weight excluding hydrogens is 214 g/mol. The maximum Gasteiger partial charge on any atom is 0.226 e. The quantitative estimate of drug-likeness (QED) is 0.871. The monoisotopic (exact) mass is 233 g/mol. The summed E-state index contributed by atoms with van der Waals surface area (Å²) >= 11 is 0.